The Morgan fingerprint density at radius 1 is 1.45 bits per heavy atom. The molecule has 0 radical (unpaired) electrons. The minimum atomic E-state index is -4.13. The first-order valence-electron chi connectivity index (χ1n) is 7.30. The lowest BCUT2D eigenvalue weighted by Crippen LogP contribution is -2.43. The highest BCUT2D eigenvalue weighted by atomic mass is 19.4. The molecule has 7 heteroatoms. The van der Waals surface area contributed by atoms with Crippen LogP contribution in [0, 0.1) is 17.2 Å². The van der Waals surface area contributed by atoms with Gasteiger partial charge in [-0.3, -0.25) is 4.90 Å². The fourth-order valence-corrected chi connectivity index (χ4v) is 2.84. The summed E-state index contributed by atoms with van der Waals surface area (Å²) in [4.78, 5) is 5.44. The average molecular weight is 312 g/mol. The first kappa shape index (κ1) is 16.6. The maximum Gasteiger partial charge on any atom is 0.401 e. The summed E-state index contributed by atoms with van der Waals surface area (Å²) in [6, 6.07) is 5.66. The largest absolute Gasteiger partial charge is 0.401 e. The van der Waals surface area contributed by atoms with Crippen molar-refractivity contribution in [2.24, 2.45) is 5.92 Å². The summed E-state index contributed by atoms with van der Waals surface area (Å²) in [6.07, 6.45) is -1.14. The van der Waals surface area contributed by atoms with Crippen LogP contribution in [-0.2, 0) is 0 Å². The van der Waals surface area contributed by atoms with Gasteiger partial charge in [0.2, 0.25) is 0 Å². The predicted molar refractivity (Wildman–Crippen MR) is 77.3 cm³/mol. The Bertz CT molecular complexity index is 530. The van der Waals surface area contributed by atoms with Crippen LogP contribution in [0.25, 0.3) is 0 Å². The van der Waals surface area contributed by atoms with Crippen LogP contribution >= 0.6 is 0 Å². The molecule has 1 aliphatic rings. The SMILES string of the molecule is C[C@H](Nc1cccnc1C#N)C1CCN(CC(F)(F)F)CC1. The Labute approximate surface area is 127 Å². The van der Waals surface area contributed by atoms with Gasteiger partial charge in [-0.2, -0.15) is 18.4 Å². The molecule has 0 spiro atoms. The van der Waals surface area contributed by atoms with E-state index in [1.807, 2.05) is 13.0 Å². The molecule has 2 rings (SSSR count). The van der Waals surface area contributed by atoms with Crippen LogP contribution in [0.5, 0.6) is 0 Å². The van der Waals surface area contributed by atoms with Crippen molar-refractivity contribution in [2.45, 2.75) is 32.0 Å². The normalized spacial score (nSPS) is 18.7. The molecule has 0 amide bonds. The summed E-state index contributed by atoms with van der Waals surface area (Å²) in [6.45, 7) is 2.07. The van der Waals surface area contributed by atoms with Crippen LogP contribution in [0.4, 0.5) is 18.9 Å². The molecule has 1 fully saturated rings. The van der Waals surface area contributed by atoms with Gasteiger partial charge >= 0.3 is 6.18 Å². The first-order valence-corrected chi connectivity index (χ1v) is 7.30. The highest BCUT2D eigenvalue weighted by molar-refractivity contribution is 5.53. The van der Waals surface area contributed by atoms with Crippen molar-refractivity contribution in [1.82, 2.24) is 9.88 Å². The molecule has 22 heavy (non-hydrogen) atoms. The molecule has 0 bridgehead atoms. The highest BCUT2D eigenvalue weighted by Crippen LogP contribution is 2.26. The number of halogens is 3. The molecule has 2 heterocycles. The van der Waals surface area contributed by atoms with E-state index in [2.05, 4.69) is 10.3 Å². The van der Waals surface area contributed by atoms with Gasteiger partial charge in [0.25, 0.3) is 0 Å². The summed E-state index contributed by atoms with van der Waals surface area (Å²) in [7, 11) is 0. The van der Waals surface area contributed by atoms with Crippen molar-refractivity contribution in [3.05, 3.63) is 24.0 Å². The molecule has 0 aromatic carbocycles. The lowest BCUT2D eigenvalue weighted by atomic mass is 9.90. The monoisotopic (exact) mass is 312 g/mol. The number of hydrogen-bond acceptors (Lipinski definition) is 4. The molecule has 120 valence electrons. The van der Waals surface area contributed by atoms with Gasteiger partial charge in [-0.15, -0.1) is 0 Å². The Morgan fingerprint density at radius 2 is 2.14 bits per heavy atom. The van der Waals surface area contributed by atoms with Crippen LogP contribution in [0.15, 0.2) is 18.3 Å². The second-order valence-corrected chi connectivity index (χ2v) is 5.67. The molecule has 1 saturated heterocycles. The molecular formula is C15H19F3N4. The quantitative estimate of drug-likeness (QED) is 0.928. The van der Waals surface area contributed by atoms with Crippen LogP contribution in [0.1, 0.15) is 25.5 Å². The van der Waals surface area contributed by atoms with Crippen LogP contribution in [0.3, 0.4) is 0 Å². The topological polar surface area (TPSA) is 52.0 Å². The van der Waals surface area contributed by atoms with Crippen LogP contribution in [-0.4, -0.2) is 41.7 Å². The fourth-order valence-electron chi connectivity index (χ4n) is 2.84. The Balaban J connectivity index is 1.88. The highest BCUT2D eigenvalue weighted by Gasteiger charge is 2.33. The number of nitrogens with one attached hydrogen (secondary N) is 1. The summed E-state index contributed by atoms with van der Waals surface area (Å²) in [5.41, 5.74) is 1.01. The number of anilines is 1. The average Bonchev–Trinajstić information content (AvgIpc) is 2.47. The number of alkyl halides is 3. The molecule has 0 unspecified atom stereocenters. The molecule has 0 aliphatic carbocycles. The number of pyridine rings is 1. The van der Waals surface area contributed by atoms with E-state index in [1.165, 1.54) is 4.90 Å². The van der Waals surface area contributed by atoms with Crippen LogP contribution in [0.2, 0.25) is 0 Å². The lowest BCUT2D eigenvalue weighted by molar-refractivity contribution is -0.148. The lowest BCUT2D eigenvalue weighted by Gasteiger charge is -2.35. The minimum Gasteiger partial charge on any atom is -0.380 e. The van der Waals surface area contributed by atoms with E-state index in [0.717, 1.165) is 0 Å². The van der Waals surface area contributed by atoms with E-state index in [0.29, 0.717) is 37.3 Å². The molecule has 1 aromatic rings. The predicted octanol–water partition coefficient (Wildman–Crippen LogP) is 3.03. The zero-order chi connectivity index (χ0) is 16.2. The number of nitriles is 1. The van der Waals surface area contributed by atoms with Crippen molar-refractivity contribution in [2.75, 3.05) is 25.0 Å². The Kier molecular flexibility index (Phi) is 5.24. The van der Waals surface area contributed by atoms with E-state index in [1.54, 1.807) is 18.3 Å². The van der Waals surface area contributed by atoms with E-state index < -0.39 is 12.7 Å². The zero-order valence-corrected chi connectivity index (χ0v) is 12.4. The third kappa shape index (κ3) is 4.60. The second-order valence-electron chi connectivity index (χ2n) is 5.67. The van der Waals surface area contributed by atoms with E-state index in [4.69, 9.17) is 5.26 Å². The summed E-state index contributed by atoms with van der Waals surface area (Å²) in [5, 5.41) is 12.3. The van der Waals surface area contributed by atoms with E-state index in [9.17, 15) is 13.2 Å². The maximum atomic E-state index is 12.4. The zero-order valence-electron chi connectivity index (χ0n) is 12.4. The fraction of sp³-hybridized carbons (Fsp3) is 0.600. The van der Waals surface area contributed by atoms with Crippen molar-refractivity contribution in [1.29, 1.82) is 5.26 Å². The van der Waals surface area contributed by atoms with Crippen molar-refractivity contribution >= 4 is 5.69 Å². The van der Waals surface area contributed by atoms with Gasteiger partial charge in [-0.1, -0.05) is 0 Å². The second kappa shape index (κ2) is 6.97. The molecule has 1 aromatic heterocycles. The smallest absolute Gasteiger partial charge is 0.380 e. The Morgan fingerprint density at radius 3 is 2.73 bits per heavy atom. The number of likely N-dealkylation sites (tertiary alicyclic amines) is 1. The summed E-state index contributed by atoms with van der Waals surface area (Å²) < 4.78 is 37.1. The third-order valence-corrected chi connectivity index (χ3v) is 4.04. The van der Waals surface area contributed by atoms with Gasteiger partial charge < -0.3 is 5.32 Å². The molecular weight excluding hydrogens is 293 g/mol. The number of hydrogen-bond donors (Lipinski definition) is 1. The molecule has 1 aliphatic heterocycles. The summed E-state index contributed by atoms with van der Waals surface area (Å²) in [5.74, 6) is 0.288. The van der Waals surface area contributed by atoms with Gasteiger partial charge in [-0.05, 0) is 50.9 Å². The van der Waals surface area contributed by atoms with E-state index >= 15 is 0 Å². The van der Waals surface area contributed by atoms with Crippen molar-refractivity contribution in [3.63, 3.8) is 0 Å². The van der Waals surface area contributed by atoms with Crippen molar-refractivity contribution in [3.8, 4) is 6.07 Å². The number of rotatable bonds is 4. The minimum absolute atomic E-state index is 0.0873. The number of piperidine rings is 1. The van der Waals surface area contributed by atoms with Crippen LogP contribution < -0.4 is 5.32 Å². The number of nitrogens with zero attached hydrogens (tertiary/aromatic N) is 3. The van der Waals surface area contributed by atoms with Gasteiger partial charge in [0.1, 0.15) is 6.07 Å². The maximum absolute atomic E-state index is 12.4. The van der Waals surface area contributed by atoms with Gasteiger partial charge in [0.05, 0.1) is 12.2 Å². The molecule has 1 atom stereocenters. The van der Waals surface area contributed by atoms with Crippen molar-refractivity contribution < 1.29 is 13.2 Å². The number of aromatic nitrogens is 1. The first-order chi connectivity index (χ1) is 10.4. The van der Waals surface area contributed by atoms with Gasteiger partial charge in [0.15, 0.2) is 5.69 Å². The summed E-state index contributed by atoms with van der Waals surface area (Å²) >= 11 is 0. The third-order valence-electron chi connectivity index (χ3n) is 4.04. The van der Waals surface area contributed by atoms with Gasteiger partial charge in [0, 0.05) is 12.2 Å². The van der Waals surface area contributed by atoms with E-state index in [-0.39, 0.29) is 12.0 Å². The standard InChI is InChI=1S/C15H19F3N4/c1-11(21-13-3-2-6-20-14(13)9-19)12-4-7-22(8-5-12)10-15(16,17)18/h2-3,6,11-12,21H,4-5,7-8,10H2,1H3/t11-/m0/s1. The Hall–Kier alpha value is -1.81. The van der Waals surface area contributed by atoms with Gasteiger partial charge in [-0.25, -0.2) is 4.98 Å². The molecule has 4 nitrogen and oxygen atoms in total. The molecule has 0 saturated carbocycles. The molecule has 1 N–H and O–H groups in total.